The predicted octanol–water partition coefficient (Wildman–Crippen LogP) is 2.48. The average molecular weight is 495 g/mol. The van der Waals surface area contributed by atoms with E-state index in [9.17, 15) is 9.50 Å². The Morgan fingerprint density at radius 2 is 2.11 bits per heavy atom. The van der Waals surface area contributed by atoms with Crippen molar-refractivity contribution >= 4 is 29.9 Å². The van der Waals surface area contributed by atoms with Crippen molar-refractivity contribution in [2.75, 3.05) is 46.6 Å². The molecule has 0 saturated carbocycles. The van der Waals surface area contributed by atoms with Gasteiger partial charge in [-0.3, -0.25) is 4.99 Å². The molecule has 0 aromatic heterocycles. The Morgan fingerprint density at radius 1 is 1.37 bits per heavy atom. The molecule has 0 bridgehead atoms. The van der Waals surface area contributed by atoms with Crippen molar-refractivity contribution in [3.05, 3.63) is 35.6 Å². The van der Waals surface area contributed by atoms with Crippen LogP contribution >= 0.6 is 24.0 Å². The lowest BCUT2D eigenvalue weighted by Crippen LogP contribution is -2.41. The van der Waals surface area contributed by atoms with Crippen LogP contribution in [0.3, 0.4) is 0 Å². The summed E-state index contributed by atoms with van der Waals surface area (Å²) >= 11 is 0. The maximum absolute atomic E-state index is 13.1. The normalized spacial score (nSPS) is 20.8. The molecule has 27 heavy (non-hydrogen) atoms. The molecule has 1 aromatic carbocycles. The first-order valence-corrected chi connectivity index (χ1v) is 9.11. The van der Waals surface area contributed by atoms with Gasteiger partial charge in [0, 0.05) is 38.8 Å². The van der Waals surface area contributed by atoms with E-state index in [2.05, 4.69) is 15.6 Å². The maximum Gasteiger partial charge on any atom is 0.191 e. The molecule has 2 rings (SSSR count). The van der Waals surface area contributed by atoms with Crippen molar-refractivity contribution in [3.63, 3.8) is 0 Å². The Morgan fingerprint density at radius 3 is 2.67 bits per heavy atom. The molecule has 0 amide bonds. The highest BCUT2D eigenvalue weighted by molar-refractivity contribution is 14.0. The molecule has 1 saturated heterocycles. The summed E-state index contributed by atoms with van der Waals surface area (Å²) in [5.41, 5.74) is 0.813. The number of hydrogen-bond acceptors (Lipinski definition) is 4. The zero-order valence-corrected chi connectivity index (χ0v) is 18.4. The van der Waals surface area contributed by atoms with Crippen molar-refractivity contribution in [2.24, 2.45) is 10.4 Å². The van der Waals surface area contributed by atoms with Crippen LogP contribution in [0.2, 0.25) is 0 Å². The SMILES string of the molecule is CCNC(=NCC1(CCO)CCOC1)NCC(OC)c1ccc(F)cc1.I. The monoisotopic (exact) mass is 495 g/mol. The van der Waals surface area contributed by atoms with Crippen molar-refractivity contribution in [3.8, 4) is 0 Å². The zero-order chi connectivity index (χ0) is 18.8. The van der Waals surface area contributed by atoms with Gasteiger partial charge < -0.3 is 25.2 Å². The predicted molar refractivity (Wildman–Crippen MR) is 115 cm³/mol. The fourth-order valence-corrected chi connectivity index (χ4v) is 3.08. The molecule has 154 valence electrons. The van der Waals surface area contributed by atoms with E-state index in [4.69, 9.17) is 9.47 Å². The van der Waals surface area contributed by atoms with Crippen molar-refractivity contribution in [1.29, 1.82) is 0 Å². The lowest BCUT2D eigenvalue weighted by atomic mass is 9.84. The van der Waals surface area contributed by atoms with Gasteiger partial charge in [0.2, 0.25) is 0 Å². The first-order valence-electron chi connectivity index (χ1n) is 9.11. The average Bonchev–Trinajstić information content (AvgIpc) is 3.10. The molecule has 1 aromatic rings. The summed E-state index contributed by atoms with van der Waals surface area (Å²) in [5.74, 6) is 0.431. The van der Waals surface area contributed by atoms with E-state index in [1.807, 2.05) is 6.92 Å². The number of rotatable bonds is 9. The minimum absolute atomic E-state index is 0. The number of benzene rings is 1. The van der Waals surface area contributed by atoms with Crippen LogP contribution in [-0.2, 0) is 9.47 Å². The van der Waals surface area contributed by atoms with E-state index in [1.165, 1.54) is 12.1 Å². The first kappa shape index (κ1) is 24.1. The molecule has 0 radical (unpaired) electrons. The number of ether oxygens (including phenoxy) is 2. The largest absolute Gasteiger partial charge is 0.396 e. The molecular weight excluding hydrogens is 464 g/mol. The molecule has 0 spiro atoms. The summed E-state index contributed by atoms with van der Waals surface area (Å²) in [6, 6.07) is 6.31. The van der Waals surface area contributed by atoms with Crippen LogP contribution in [0.15, 0.2) is 29.3 Å². The van der Waals surface area contributed by atoms with Gasteiger partial charge in [0.1, 0.15) is 5.82 Å². The van der Waals surface area contributed by atoms with Crippen LogP contribution in [0.1, 0.15) is 31.4 Å². The molecule has 1 aliphatic heterocycles. The fourth-order valence-electron chi connectivity index (χ4n) is 3.08. The Bertz CT molecular complexity index is 566. The Balaban J connectivity index is 0.00000364. The van der Waals surface area contributed by atoms with Crippen LogP contribution in [0.5, 0.6) is 0 Å². The second-order valence-corrected chi connectivity index (χ2v) is 6.63. The lowest BCUT2D eigenvalue weighted by Gasteiger charge is -2.25. The van der Waals surface area contributed by atoms with E-state index in [0.717, 1.165) is 25.1 Å². The Hall–Kier alpha value is -0.970. The minimum atomic E-state index is -0.264. The summed E-state index contributed by atoms with van der Waals surface area (Å²) in [7, 11) is 1.63. The quantitative estimate of drug-likeness (QED) is 0.279. The van der Waals surface area contributed by atoms with Gasteiger partial charge in [-0.2, -0.15) is 0 Å². The number of guanidine groups is 1. The standard InChI is InChI=1S/C19H30FN3O3.HI/c1-3-21-18(23-13-19(8-10-24)9-11-26-14-19)22-12-17(25-2)15-4-6-16(20)7-5-15;/h4-7,17,24H,3,8-14H2,1-2H3,(H2,21,22,23);1H. The third-order valence-corrected chi connectivity index (χ3v) is 4.73. The van der Waals surface area contributed by atoms with Gasteiger partial charge in [0.15, 0.2) is 5.96 Å². The van der Waals surface area contributed by atoms with E-state index < -0.39 is 0 Å². The highest BCUT2D eigenvalue weighted by atomic mass is 127. The molecule has 2 unspecified atom stereocenters. The van der Waals surface area contributed by atoms with Crippen LogP contribution in [-0.4, -0.2) is 57.6 Å². The molecule has 0 aliphatic carbocycles. The number of aliphatic hydroxyl groups is 1. The van der Waals surface area contributed by atoms with Crippen LogP contribution in [0.25, 0.3) is 0 Å². The van der Waals surface area contributed by atoms with Gasteiger partial charge in [-0.15, -0.1) is 24.0 Å². The topological polar surface area (TPSA) is 75.1 Å². The molecule has 8 heteroatoms. The molecule has 2 atom stereocenters. The summed E-state index contributed by atoms with van der Waals surface area (Å²) in [5, 5.41) is 15.8. The van der Waals surface area contributed by atoms with Gasteiger partial charge in [-0.1, -0.05) is 12.1 Å². The zero-order valence-electron chi connectivity index (χ0n) is 16.0. The number of halogens is 2. The van der Waals surface area contributed by atoms with Gasteiger partial charge in [-0.05, 0) is 37.5 Å². The summed E-state index contributed by atoms with van der Waals surface area (Å²) in [6.45, 7) is 5.34. The Labute approximate surface area is 177 Å². The minimum Gasteiger partial charge on any atom is -0.396 e. The number of methoxy groups -OCH3 is 1. The number of nitrogens with one attached hydrogen (secondary N) is 2. The van der Waals surface area contributed by atoms with Crippen LogP contribution < -0.4 is 10.6 Å². The molecule has 1 aliphatic rings. The lowest BCUT2D eigenvalue weighted by molar-refractivity contribution is 0.106. The highest BCUT2D eigenvalue weighted by Crippen LogP contribution is 2.32. The third kappa shape index (κ3) is 7.52. The molecule has 1 heterocycles. The summed E-state index contributed by atoms with van der Waals surface area (Å²) in [4.78, 5) is 4.69. The highest BCUT2D eigenvalue weighted by Gasteiger charge is 2.34. The van der Waals surface area contributed by atoms with Gasteiger partial charge in [-0.25, -0.2) is 4.39 Å². The van der Waals surface area contributed by atoms with E-state index in [0.29, 0.717) is 32.1 Å². The maximum atomic E-state index is 13.1. The summed E-state index contributed by atoms with van der Waals surface area (Å²) < 4.78 is 24.1. The van der Waals surface area contributed by atoms with E-state index in [1.54, 1.807) is 19.2 Å². The molecule has 6 nitrogen and oxygen atoms in total. The van der Waals surface area contributed by atoms with Crippen molar-refractivity contribution in [2.45, 2.75) is 25.9 Å². The Kier molecular flexibility index (Phi) is 11.1. The van der Waals surface area contributed by atoms with E-state index in [-0.39, 0.29) is 47.9 Å². The summed E-state index contributed by atoms with van der Waals surface area (Å²) in [6.07, 6.45) is 1.39. The smallest absolute Gasteiger partial charge is 0.191 e. The molecular formula is C19H31FIN3O3. The van der Waals surface area contributed by atoms with Gasteiger partial charge >= 0.3 is 0 Å². The molecule has 1 fully saturated rings. The van der Waals surface area contributed by atoms with Crippen LogP contribution in [0.4, 0.5) is 4.39 Å². The third-order valence-electron chi connectivity index (χ3n) is 4.73. The van der Waals surface area contributed by atoms with Crippen molar-refractivity contribution in [1.82, 2.24) is 10.6 Å². The van der Waals surface area contributed by atoms with Gasteiger partial charge in [0.25, 0.3) is 0 Å². The second-order valence-electron chi connectivity index (χ2n) is 6.63. The number of hydrogen-bond donors (Lipinski definition) is 3. The van der Waals surface area contributed by atoms with E-state index >= 15 is 0 Å². The second kappa shape index (κ2) is 12.5. The van der Waals surface area contributed by atoms with Crippen molar-refractivity contribution < 1.29 is 19.0 Å². The number of nitrogens with zero attached hydrogens (tertiary/aromatic N) is 1. The van der Waals surface area contributed by atoms with Crippen LogP contribution in [0, 0.1) is 11.2 Å². The van der Waals surface area contributed by atoms with Gasteiger partial charge in [0.05, 0.1) is 19.3 Å². The number of aliphatic imine (C=N–C) groups is 1. The molecule has 3 N–H and O–H groups in total. The first-order chi connectivity index (χ1) is 12.6. The number of aliphatic hydroxyl groups excluding tert-OH is 1. The fraction of sp³-hybridized carbons (Fsp3) is 0.632.